The summed E-state index contributed by atoms with van der Waals surface area (Å²) in [5.74, 6) is 0. The van der Waals surface area contributed by atoms with E-state index in [2.05, 4.69) is 31.2 Å². The van der Waals surface area contributed by atoms with Crippen molar-refractivity contribution in [3.8, 4) is 0 Å². The van der Waals surface area contributed by atoms with Crippen LogP contribution >= 0.6 is 0 Å². The smallest absolute Gasteiger partial charge is 0.258 e. The summed E-state index contributed by atoms with van der Waals surface area (Å²) in [7, 11) is 0. The first-order chi connectivity index (χ1) is 9.65. The van der Waals surface area contributed by atoms with Crippen molar-refractivity contribution < 1.29 is 4.92 Å². The Bertz CT molecular complexity index is 576. The molecule has 0 unspecified atom stereocenters. The summed E-state index contributed by atoms with van der Waals surface area (Å²) in [6.07, 6.45) is 4.31. The van der Waals surface area contributed by atoms with Crippen LogP contribution in [0.2, 0.25) is 0 Å². The number of nitrogens with zero attached hydrogens (tertiary/aromatic N) is 1. The number of aryl methyl sites for hydroxylation is 3. The normalized spacial score (nSPS) is 10.4. The summed E-state index contributed by atoms with van der Waals surface area (Å²) in [4.78, 5) is 10.2. The number of benzene rings is 2. The van der Waals surface area contributed by atoms with E-state index in [9.17, 15) is 10.1 Å². The molecule has 0 spiro atoms. The fourth-order valence-corrected chi connectivity index (χ4v) is 2.31. The Kier molecular flexibility index (Phi) is 4.88. The lowest BCUT2D eigenvalue weighted by atomic mass is 10.0. The zero-order valence-corrected chi connectivity index (χ0v) is 11.7. The molecule has 0 aliphatic heterocycles. The average Bonchev–Trinajstić information content (AvgIpc) is 2.44. The lowest BCUT2D eigenvalue weighted by Gasteiger charge is -2.03. The summed E-state index contributed by atoms with van der Waals surface area (Å²) in [5.41, 5.74) is 4.01. The molecule has 2 aromatic carbocycles. The Labute approximate surface area is 119 Å². The lowest BCUT2D eigenvalue weighted by molar-refractivity contribution is -0.384. The summed E-state index contributed by atoms with van der Waals surface area (Å²) < 4.78 is 0. The third-order valence-electron chi connectivity index (χ3n) is 3.41. The van der Waals surface area contributed by atoms with Gasteiger partial charge in [-0.15, -0.1) is 0 Å². The van der Waals surface area contributed by atoms with Crippen LogP contribution in [-0.2, 0) is 12.8 Å². The molecule has 0 aliphatic rings. The van der Waals surface area contributed by atoms with Crippen LogP contribution in [0.5, 0.6) is 0 Å². The number of unbranched alkanes of at least 4 members (excludes halogenated alkanes) is 1. The van der Waals surface area contributed by atoms with Crippen LogP contribution in [0.25, 0.3) is 0 Å². The molecular weight excluding hydrogens is 250 g/mol. The highest BCUT2D eigenvalue weighted by molar-refractivity contribution is 5.32. The molecular formula is C17H19NO2. The molecule has 2 aromatic rings. The predicted molar refractivity (Wildman–Crippen MR) is 80.9 cm³/mol. The highest BCUT2D eigenvalue weighted by Gasteiger charge is 2.03. The van der Waals surface area contributed by atoms with Crippen molar-refractivity contribution in [1.29, 1.82) is 0 Å². The van der Waals surface area contributed by atoms with Gasteiger partial charge < -0.3 is 0 Å². The molecule has 3 nitrogen and oxygen atoms in total. The fraction of sp³-hybridized carbons (Fsp3) is 0.294. The fourth-order valence-electron chi connectivity index (χ4n) is 2.31. The second-order valence-electron chi connectivity index (χ2n) is 5.12. The number of nitro benzene ring substituents is 1. The summed E-state index contributed by atoms with van der Waals surface area (Å²) in [6, 6.07) is 15.5. The van der Waals surface area contributed by atoms with Gasteiger partial charge in [0, 0.05) is 12.1 Å². The number of hydrogen-bond donors (Lipinski definition) is 0. The van der Waals surface area contributed by atoms with E-state index in [4.69, 9.17) is 0 Å². The van der Waals surface area contributed by atoms with Crippen LogP contribution in [0.3, 0.4) is 0 Å². The van der Waals surface area contributed by atoms with Gasteiger partial charge in [0.1, 0.15) is 0 Å². The third-order valence-corrected chi connectivity index (χ3v) is 3.41. The van der Waals surface area contributed by atoms with E-state index in [0.29, 0.717) is 0 Å². The molecule has 0 N–H and O–H groups in total. The summed E-state index contributed by atoms with van der Waals surface area (Å²) in [5, 5.41) is 10.6. The molecule has 0 heterocycles. The number of non-ortho nitro benzene ring substituents is 1. The minimum absolute atomic E-state index is 0.161. The van der Waals surface area contributed by atoms with Gasteiger partial charge in [-0.25, -0.2) is 0 Å². The molecule has 0 saturated heterocycles. The van der Waals surface area contributed by atoms with Crippen molar-refractivity contribution in [3.63, 3.8) is 0 Å². The molecule has 0 fully saturated rings. The molecule has 0 aromatic heterocycles. The third kappa shape index (κ3) is 4.19. The van der Waals surface area contributed by atoms with Crippen LogP contribution in [-0.4, -0.2) is 4.92 Å². The van der Waals surface area contributed by atoms with Gasteiger partial charge in [-0.3, -0.25) is 10.1 Å². The maximum Gasteiger partial charge on any atom is 0.269 e. The highest BCUT2D eigenvalue weighted by Crippen LogP contribution is 2.14. The van der Waals surface area contributed by atoms with Crippen molar-refractivity contribution in [1.82, 2.24) is 0 Å². The molecule has 0 amide bonds. The van der Waals surface area contributed by atoms with Crippen LogP contribution < -0.4 is 0 Å². The first-order valence-electron chi connectivity index (χ1n) is 6.94. The highest BCUT2D eigenvalue weighted by atomic mass is 16.6. The Hall–Kier alpha value is -2.16. The molecule has 3 heteroatoms. The molecule has 0 saturated carbocycles. The number of hydrogen-bond acceptors (Lipinski definition) is 2. The summed E-state index contributed by atoms with van der Waals surface area (Å²) in [6.45, 7) is 2.11. The van der Waals surface area contributed by atoms with Crippen molar-refractivity contribution >= 4 is 5.69 Å². The molecule has 0 atom stereocenters. The van der Waals surface area contributed by atoms with Crippen LogP contribution in [0.1, 0.15) is 29.5 Å². The maximum absolute atomic E-state index is 10.6. The Morgan fingerprint density at radius 2 is 1.60 bits per heavy atom. The van der Waals surface area contributed by atoms with Crippen molar-refractivity contribution in [2.75, 3.05) is 0 Å². The second kappa shape index (κ2) is 6.85. The average molecular weight is 269 g/mol. The predicted octanol–water partition coefficient (Wildman–Crippen LogP) is 4.47. The van der Waals surface area contributed by atoms with E-state index in [1.54, 1.807) is 12.1 Å². The molecule has 2 rings (SSSR count). The molecule has 104 valence electrons. The monoisotopic (exact) mass is 269 g/mol. The van der Waals surface area contributed by atoms with E-state index < -0.39 is 0 Å². The van der Waals surface area contributed by atoms with Gasteiger partial charge >= 0.3 is 0 Å². The lowest BCUT2D eigenvalue weighted by Crippen LogP contribution is -1.91. The topological polar surface area (TPSA) is 43.1 Å². The van der Waals surface area contributed by atoms with E-state index in [-0.39, 0.29) is 10.6 Å². The van der Waals surface area contributed by atoms with Gasteiger partial charge in [0.2, 0.25) is 0 Å². The largest absolute Gasteiger partial charge is 0.269 e. The SMILES string of the molecule is Cc1cccc(CCCCc2ccc([N+](=O)[O-])cc2)c1. The van der Waals surface area contributed by atoms with E-state index in [1.807, 2.05) is 12.1 Å². The van der Waals surface area contributed by atoms with E-state index in [0.717, 1.165) is 25.7 Å². The van der Waals surface area contributed by atoms with Crippen molar-refractivity contribution in [3.05, 3.63) is 75.3 Å². The van der Waals surface area contributed by atoms with Crippen molar-refractivity contribution in [2.24, 2.45) is 0 Å². The number of rotatable bonds is 6. The van der Waals surface area contributed by atoms with Gasteiger partial charge in [0.05, 0.1) is 4.92 Å². The van der Waals surface area contributed by atoms with Crippen LogP contribution in [0, 0.1) is 17.0 Å². The standard InChI is InChI=1S/C17H19NO2/c1-14-5-4-8-16(13-14)7-3-2-6-15-9-11-17(12-10-15)18(19)20/h4-5,8-13H,2-3,6-7H2,1H3. The zero-order chi connectivity index (χ0) is 14.4. The first kappa shape index (κ1) is 14.3. The minimum atomic E-state index is -0.360. The van der Waals surface area contributed by atoms with Crippen LogP contribution in [0.4, 0.5) is 5.69 Å². The molecule has 0 radical (unpaired) electrons. The maximum atomic E-state index is 10.6. The Morgan fingerprint density at radius 1 is 0.950 bits per heavy atom. The molecule has 0 aliphatic carbocycles. The van der Waals surface area contributed by atoms with Gasteiger partial charge in [0.25, 0.3) is 5.69 Å². The molecule has 0 bridgehead atoms. The van der Waals surface area contributed by atoms with Crippen molar-refractivity contribution in [2.45, 2.75) is 32.6 Å². The van der Waals surface area contributed by atoms with Crippen LogP contribution in [0.15, 0.2) is 48.5 Å². The zero-order valence-electron chi connectivity index (χ0n) is 11.7. The Balaban J connectivity index is 1.77. The van der Waals surface area contributed by atoms with Gasteiger partial charge in [-0.1, -0.05) is 42.0 Å². The Morgan fingerprint density at radius 3 is 2.20 bits per heavy atom. The van der Waals surface area contributed by atoms with Gasteiger partial charge in [-0.05, 0) is 43.7 Å². The second-order valence-corrected chi connectivity index (χ2v) is 5.12. The molecule has 20 heavy (non-hydrogen) atoms. The first-order valence-corrected chi connectivity index (χ1v) is 6.94. The summed E-state index contributed by atoms with van der Waals surface area (Å²) >= 11 is 0. The quantitative estimate of drug-likeness (QED) is 0.441. The van der Waals surface area contributed by atoms with Gasteiger partial charge in [0.15, 0.2) is 0 Å². The van der Waals surface area contributed by atoms with E-state index in [1.165, 1.54) is 16.7 Å². The number of nitro groups is 1. The van der Waals surface area contributed by atoms with E-state index >= 15 is 0 Å². The van der Waals surface area contributed by atoms with Gasteiger partial charge in [-0.2, -0.15) is 0 Å². The minimum Gasteiger partial charge on any atom is -0.258 e.